The lowest BCUT2D eigenvalue weighted by molar-refractivity contribution is -0.134. The van der Waals surface area contributed by atoms with Crippen LogP contribution < -0.4 is 4.72 Å². The molecule has 1 aromatic carbocycles. The molecule has 1 aliphatic rings. The summed E-state index contributed by atoms with van der Waals surface area (Å²) in [6, 6.07) is 4.11. The quantitative estimate of drug-likeness (QED) is 0.810. The van der Waals surface area contributed by atoms with E-state index in [1.165, 1.54) is 29.4 Å². The number of benzene rings is 1. The van der Waals surface area contributed by atoms with E-state index in [1.807, 2.05) is 13.8 Å². The monoisotopic (exact) mass is 392 g/mol. The predicted octanol–water partition coefficient (Wildman–Crippen LogP) is 1.85. The number of carbonyl (C=O) groups is 1. The van der Waals surface area contributed by atoms with Crippen LogP contribution in [0.4, 0.5) is 4.39 Å². The predicted molar refractivity (Wildman–Crippen MR) is 96.3 cm³/mol. The molecular weight excluding hydrogens is 371 g/mol. The summed E-state index contributed by atoms with van der Waals surface area (Å²) in [4.78, 5) is 22.2. The Hall–Kier alpha value is -2.39. The van der Waals surface area contributed by atoms with Gasteiger partial charge in [-0.3, -0.25) is 4.79 Å². The zero-order valence-corrected chi connectivity index (χ0v) is 15.9. The number of fused-ring (bicyclic) bond motifs is 1. The molecule has 9 heteroatoms. The van der Waals surface area contributed by atoms with Crippen molar-refractivity contribution >= 4 is 15.9 Å². The minimum absolute atomic E-state index is 0.0621. The standard InChI is InChI=1S/C18H21FN4O3S/c1-12(2)7-15(22-27(25,26)17-6-4-3-5-14(17)19)18(24)23-9-13-8-20-11-21-16(13)10-23/h3-6,8,11-12,15,22H,7,9-10H2,1-2H3. The van der Waals surface area contributed by atoms with E-state index in [-0.39, 0.29) is 11.8 Å². The zero-order valence-electron chi connectivity index (χ0n) is 15.1. The minimum Gasteiger partial charge on any atom is -0.331 e. The first-order valence-corrected chi connectivity index (χ1v) is 10.1. The fraction of sp³-hybridized carbons (Fsp3) is 0.389. The van der Waals surface area contributed by atoms with Crippen molar-refractivity contribution in [1.29, 1.82) is 0 Å². The van der Waals surface area contributed by atoms with Gasteiger partial charge in [-0.1, -0.05) is 26.0 Å². The molecule has 0 saturated heterocycles. The molecule has 0 saturated carbocycles. The van der Waals surface area contributed by atoms with Crippen LogP contribution in [-0.2, 0) is 27.9 Å². The van der Waals surface area contributed by atoms with Crippen LogP contribution in [0.2, 0.25) is 0 Å². The maximum atomic E-state index is 13.9. The van der Waals surface area contributed by atoms with Crippen LogP contribution in [-0.4, -0.2) is 35.2 Å². The molecule has 1 unspecified atom stereocenters. The van der Waals surface area contributed by atoms with Gasteiger partial charge in [0.15, 0.2) is 0 Å². The second kappa shape index (κ2) is 7.69. The van der Waals surface area contributed by atoms with Gasteiger partial charge in [0, 0.05) is 18.3 Å². The first-order chi connectivity index (χ1) is 12.8. The summed E-state index contributed by atoms with van der Waals surface area (Å²) in [5.74, 6) is -1.15. The third kappa shape index (κ3) is 4.30. The Morgan fingerprint density at radius 2 is 2.04 bits per heavy atom. The lowest BCUT2D eigenvalue weighted by Crippen LogP contribution is -2.47. The van der Waals surface area contributed by atoms with Gasteiger partial charge in [0.05, 0.1) is 12.2 Å². The molecule has 7 nitrogen and oxygen atoms in total. The molecule has 2 heterocycles. The molecule has 0 aliphatic carbocycles. The fourth-order valence-electron chi connectivity index (χ4n) is 3.06. The van der Waals surface area contributed by atoms with Crippen LogP contribution in [0, 0.1) is 11.7 Å². The van der Waals surface area contributed by atoms with Crippen molar-refractivity contribution in [3.63, 3.8) is 0 Å². The second-order valence-corrected chi connectivity index (χ2v) is 8.61. The number of nitrogens with one attached hydrogen (secondary N) is 1. The number of aromatic nitrogens is 2. The summed E-state index contributed by atoms with van der Waals surface area (Å²) in [5.41, 5.74) is 1.59. The summed E-state index contributed by atoms with van der Waals surface area (Å²) < 4.78 is 41.6. The smallest absolute Gasteiger partial charge is 0.244 e. The molecule has 1 N–H and O–H groups in total. The van der Waals surface area contributed by atoms with Gasteiger partial charge in [-0.25, -0.2) is 22.8 Å². The first kappa shape index (κ1) is 19.4. The van der Waals surface area contributed by atoms with Crippen molar-refractivity contribution < 1.29 is 17.6 Å². The van der Waals surface area contributed by atoms with Crippen molar-refractivity contribution in [2.75, 3.05) is 0 Å². The number of rotatable bonds is 6. The van der Waals surface area contributed by atoms with Gasteiger partial charge >= 0.3 is 0 Å². The van der Waals surface area contributed by atoms with Crippen molar-refractivity contribution in [3.05, 3.63) is 53.9 Å². The van der Waals surface area contributed by atoms with E-state index >= 15 is 0 Å². The molecule has 0 fully saturated rings. The molecule has 3 rings (SSSR count). The molecule has 0 spiro atoms. The van der Waals surface area contributed by atoms with Gasteiger partial charge in [-0.2, -0.15) is 4.72 Å². The SMILES string of the molecule is CC(C)CC(NS(=O)(=O)c1ccccc1F)C(=O)N1Cc2cncnc2C1. The highest BCUT2D eigenvalue weighted by Crippen LogP contribution is 2.22. The van der Waals surface area contributed by atoms with E-state index in [9.17, 15) is 17.6 Å². The molecule has 0 bridgehead atoms. The summed E-state index contributed by atoms with van der Waals surface area (Å²) in [6.45, 7) is 4.40. The van der Waals surface area contributed by atoms with Crippen molar-refractivity contribution in [2.45, 2.75) is 44.3 Å². The number of amides is 1. The van der Waals surface area contributed by atoms with Crippen molar-refractivity contribution in [1.82, 2.24) is 19.6 Å². The van der Waals surface area contributed by atoms with Crippen LogP contribution in [0.15, 0.2) is 41.7 Å². The summed E-state index contributed by atoms with van der Waals surface area (Å²) in [7, 11) is -4.18. The lowest BCUT2D eigenvalue weighted by Gasteiger charge is -2.25. The second-order valence-electron chi connectivity index (χ2n) is 6.92. The van der Waals surface area contributed by atoms with E-state index in [0.29, 0.717) is 19.5 Å². The Morgan fingerprint density at radius 1 is 1.30 bits per heavy atom. The zero-order chi connectivity index (χ0) is 19.6. The highest BCUT2D eigenvalue weighted by atomic mass is 32.2. The van der Waals surface area contributed by atoms with E-state index in [0.717, 1.165) is 17.3 Å². The maximum absolute atomic E-state index is 13.9. The van der Waals surface area contributed by atoms with Crippen molar-refractivity contribution in [3.8, 4) is 0 Å². The van der Waals surface area contributed by atoms with Gasteiger partial charge in [0.25, 0.3) is 0 Å². The number of carbonyl (C=O) groups excluding carboxylic acids is 1. The van der Waals surface area contributed by atoms with Crippen LogP contribution in [0.1, 0.15) is 31.5 Å². The van der Waals surface area contributed by atoms with Gasteiger partial charge in [-0.05, 0) is 24.5 Å². The number of hydrogen-bond donors (Lipinski definition) is 1. The maximum Gasteiger partial charge on any atom is 0.244 e. The number of halogens is 1. The average Bonchev–Trinajstić information content (AvgIpc) is 3.04. The third-order valence-electron chi connectivity index (χ3n) is 4.32. The molecule has 1 amide bonds. The summed E-state index contributed by atoms with van der Waals surface area (Å²) in [5, 5.41) is 0. The topological polar surface area (TPSA) is 92.3 Å². The lowest BCUT2D eigenvalue weighted by atomic mass is 10.0. The van der Waals surface area contributed by atoms with Gasteiger partial charge in [0.2, 0.25) is 15.9 Å². The summed E-state index contributed by atoms with van der Waals surface area (Å²) >= 11 is 0. The Kier molecular flexibility index (Phi) is 5.52. The van der Waals surface area contributed by atoms with E-state index < -0.39 is 26.8 Å². The Labute approximate surface area is 157 Å². The van der Waals surface area contributed by atoms with Crippen molar-refractivity contribution in [2.24, 2.45) is 5.92 Å². The van der Waals surface area contributed by atoms with Gasteiger partial charge < -0.3 is 4.90 Å². The van der Waals surface area contributed by atoms with E-state index in [2.05, 4.69) is 14.7 Å². The van der Waals surface area contributed by atoms with Gasteiger partial charge in [0.1, 0.15) is 23.1 Å². The molecule has 144 valence electrons. The minimum atomic E-state index is -4.18. The number of hydrogen-bond acceptors (Lipinski definition) is 5. The molecule has 1 atom stereocenters. The Bertz CT molecular complexity index is 924. The third-order valence-corrected chi connectivity index (χ3v) is 5.83. The largest absolute Gasteiger partial charge is 0.331 e. The molecule has 0 radical (unpaired) electrons. The normalized spacial score (nSPS) is 15.0. The number of sulfonamides is 1. The molecular formula is C18H21FN4O3S. The van der Waals surface area contributed by atoms with Gasteiger partial charge in [-0.15, -0.1) is 0 Å². The summed E-state index contributed by atoms with van der Waals surface area (Å²) in [6.07, 6.45) is 3.36. The Balaban J connectivity index is 1.82. The molecule has 1 aromatic heterocycles. The van der Waals surface area contributed by atoms with Crippen LogP contribution in [0.3, 0.4) is 0 Å². The molecule has 27 heavy (non-hydrogen) atoms. The van der Waals surface area contributed by atoms with Crippen LogP contribution in [0.5, 0.6) is 0 Å². The van der Waals surface area contributed by atoms with E-state index in [4.69, 9.17) is 0 Å². The highest BCUT2D eigenvalue weighted by Gasteiger charge is 2.33. The Morgan fingerprint density at radius 3 is 2.70 bits per heavy atom. The number of nitrogens with zero attached hydrogens (tertiary/aromatic N) is 3. The molecule has 2 aromatic rings. The van der Waals surface area contributed by atoms with Crippen LogP contribution >= 0.6 is 0 Å². The first-order valence-electron chi connectivity index (χ1n) is 8.61. The van der Waals surface area contributed by atoms with Crippen LogP contribution in [0.25, 0.3) is 0 Å². The molecule has 1 aliphatic heterocycles. The van der Waals surface area contributed by atoms with E-state index in [1.54, 1.807) is 6.20 Å². The fourth-order valence-corrected chi connectivity index (χ4v) is 4.34. The highest BCUT2D eigenvalue weighted by molar-refractivity contribution is 7.89. The average molecular weight is 392 g/mol.